The van der Waals surface area contributed by atoms with E-state index >= 15 is 0 Å². The molecule has 0 aliphatic heterocycles. The van der Waals surface area contributed by atoms with E-state index in [4.69, 9.17) is 0 Å². The highest BCUT2D eigenvalue weighted by atomic mass is 16.2. The van der Waals surface area contributed by atoms with Gasteiger partial charge in [0.15, 0.2) is 0 Å². The van der Waals surface area contributed by atoms with Crippen molar-refractivity contribution in [3.8, 4) is 0 Å². The molecular formula is C10H14N2O2. The van der Waals surface area contributed by atoms with Gasteiger partial charge in [0.1, 0.15) is 5.78 Å². The Hall–Kier alpha value is -1.32. The Morgan fingerprint density at radius 3 is 2.79 bits per heavy atom. The summed E-state index contributed by atoms with van der Waals surface area (Å²) in [6.45, 7) is 2.05. The number of rotatable bonds is 4. The van der Waals surface area contributed by atoms with E-state index in [1.807, 2.05) is 6.20 Å². The number of aromatic nitrogens is 2. The summed E-state index contributed by atoms with van der Waals surface area (Å²) in [4.78, 5) is 22.4. The van der Waals surface area contributed by atoms with E-state index in [1.54, 1.807) is 22.3 Å². The van der Waals surface area contributed by atoms with Crippen LogP contribution >= 0.6 is 0 Å². The van der Waals surface area contributed by atoms with Crippen molar-refractivity contribution < 1.29 is 4.79 Å². The van der Waals surface area contributed by atoms with Crippen molar-refractivity contribution in [3.05, 3.63) is 22.9 Å². The van der Waals surface area contributed by atoms with Gasteiger partial charge in [0.2, 0.25) is 0 Å². The molecule has 4 heteroatoms. The molecule has 4 nitrogen and oxygen atoms in total. The van der Waals surface area contributed by atoms with Crippen LogP contribution in [-0.4, -0.2) is 14.9 Å². The standard InChI is InChI=1S/C10H14N2O2/c1-8(13)4-5-11-6-7-12(10(11)14)9-2-3-9/h6-7,9H,2-5H2,1H3. The van der Waals surface area contributed by atoms with Gasteiger partial charge in [-0.1, -0.05) is 0 Å². The molecule has 14 heavy (non-hydrogen) atoms. The van der Waals surface area contributed by atoms with Crippen molar-refractivity contribution in [3.63, 3.8) is 0 Å². The molecule has 0 atom stereocenters. The van der Waals surface area contributed by atoms with Crippen LogP contribution in [0, 0.1) is 0 Å². The Kier molecular flexibility index (Phi) is 2.27. The number of hydrogen-bond donors (Lipinski definition) is 0. The summed E-state index contributed by atoms with van der Waals surface area (Å²) >= 11 is 0. The number of hydrogen-bond acceptors (Lipinski definition) is 2. The second-order valence-corrected chi connectivity index (χ2v) is 3.86. The van der Waals surface area contributed by atoms with Crippen molar-refractivity contribution in [1.29, 1.82) is 0 Å². The molecule has 1 saturated carbocycles. The minimum Gasteiger partial charge on any atom is -0.300 e. The van der Waals surface area contributed by atoms with E-state index in [9.17, 15) is 9.59 Å². The number of aryl methyl sites for hydroxylation is 1. The van der Waals surface area contributed by atoms with Crippen LogP contribution in [0.25, 0.3) is 0 Å². The summed E-state index contributed by atoms with van der Waals surface area (Å²) in [6.07, 6.45) is 6.24. The number of Topliss-reactive ketones (excluding diaryl/α,β-unsaturated/α-hetero) is 1. The summed E-state index contributed by atoms with van der Waals surface area (Å²) < 4.78 is 3.37. The zero-order valence-electron chi connectivity index (χ0n) is 8.27. The fraction of sp³-hybridized carbons (Fsp3) is 0.600. The normalized spacial score (nSPS) is 15.8. The first-order valence-electron chi connectivity index (χ1n) is 4.95. The van der Waals surface area contributed by atoms with Crippen LogP contribution in [0.2, 0.25) is 0 Å². The maximum Gasteiger partial charge on any atom is 0.328 e. The van der Waals surface area contributed by atoms with Gasteiger partial charge in [-0.25, -0.2) is 4.79 Å². The fourth-order valence-electron chi connectivity index (χ4n) is 1.51. The molecule has 1 aromatic rings. The van der Waals surface area contributed by atoms with E-state index in [-0.39, 0.29) is 11.5 Å². The van der Waals surface area contributed by atoms with Crippen molar-refractivity contribution in [2.75, 3.05) is 0 Å². The highest BCUT2D eigenvalue weighted by Crippen LogP contribution is 2.33. The molecule has 2 rings (SSSR count). The topological polar surface area (TPSA) is 44.0 Å². The zero-order chi connectivity index (χ0) is 10.1. The second-order valence-electron chi connectivity index (χ2n) is 3.86. The Morgan fingerprint density at radius 2 is 2.21 bits per heavy atom. The lowest BCUT2D eigenvalue weighted by Gasteiger charge is -1.98. The van der Waals surface area contributed by atoms with Crippen LogP contribution < -0.4 is 5.69 Å². The average Bonchev–Trinajstić information content (AvgIpc) is 2.89. The largest absolute Gasteiger partial charge is 0.328 e. The monoisotopic (exact) mass is 194 g/mol. The van der Waals surface area contributed by atoms with Gasteiger partial charge in [-0.05, 0) is 19.8 Å². The molecule has 1 aliphatic carbocycles. The first kappa shape index (κ1) is 9.24. The van der Waals surface area contributed by atoms with E-state index in [0.717, 1.165) is 12.8 Å². The van der Waals surface area contributed by atoms with Gasteiger partial charge in [0.05, 0.1) is 0 Å². The fourth-order valence-corrected chi connectivity index (χ4v) is 1.51. The van der Waals surface area contributed by atoms with Gasteiger partial charge in [-0.3, -0.25) is 13.9 Å². The maximum absolute atomic E-state index is 11.7. The molecule has 1 aliphatic rings. The Morgan fingerprint density at radius 1 is 1.50 bits per heavy atom. The molecule has 0 unspecified atom stereocenters. The van der Waals surface area contributed by atoms with Crippen LogP contribution in [0.3, 0.4) is 0 Å². The van der Waals surface area contributed by atoms with Crippen LogP contribution in [0.15, 0.2) is 17.2 Å². The predicted octanol–water partition coefficient (Wildman–Crippen LogP) is 0.964. The molecule has 1 fully saturated rings. The van der Waals surface area contributed by atoms with Crippen LogP contribution in [0.4, 0.5) is 0 Å². The summed E-state index contributed by atoms with van der Waals surface area (Å²) in [5.74, 6) is 0.121. The molecule has 0 spiro atoms. The van der Waals surface area contributed by atoms with Crippen molar-refractivity contribution in [1.82, 2.24) is 9.13 Å². The number of imidazole rings is 1. The number of ketones is 1. The molecule has 0 N–H and O–H groups in total. The van der Waals surface area contributed by atoms with Gasteiger partial charge < -0.3 is 0 Å². The third kappa shape index (κ3) is 1.78. The van der Waals surface area contributed by atoms with Gasteiger partial charge in [-0.2, -0.15) is 0 Å². The van der Waals surface area contributed by atoms with Crippen molar-refractivity contribution >= 4 is 5.78 Å². The first-order chi connectivity index (χ1) is 6.68. The van der Waals surface area contributed by atoms with Gasteiger partial charge in [0.25, 0.3) is 0 Å². The number of carbonyl (C=O) groups is 1. The maximum atomic E-state index is 11.7. The van der Waals surface area contributed by atoms with Crippen LogP contribution in [0.1, 0.15) is 32.2 Å². The molecule has 1 aromatic heterocycles. The third-order valence-electron chi connectivity index (χ3n) is 2.52. The minimum absolute atomic E-state index is 0.0220. The van der Waals surface area contributed by atoms with Crippen molar-refractivity contribution in [2.45, 2.75) is 38.8 Å². The van der Waals surface area contributed by atoms with E-state index in [1.165, 1.54) is 0 Å². The van der Waals surface area contributed by atoms with E-state index in [2.05, 4.69) is 0 Å². The van der Waals surface area contributed by atoms with Crippen molar-refractivity contribution in [2.24, 2.45) is 0 Å². The molecule has 0 radical (unpaired) electrons. The van der Waals surface area contributed by atoms with Crippen LogP contribution in [0.5, 0.6) is 0 Å². The van der Waals surface area contributed by atoms with Crippen LogP contribution in [-0.2, 0) is 11.3 Å². The third-order valence-corrected chi connectivity index (χ3v) is 2.52. The molecule has 0 saturated heterocycles. The molecule has 0 aromatic carbocycles. The summed E-state index contributed by atoms with van der Waals surface area (Å²) in [7, 11) is 0. The van der Waals surface area contributed by atoms with Gasteiger partial charge in [0, 0.05) is 31.4 Å². The lowest BCUT2D eigenvalue weighted by Crippen LogP contribution is -2.24. The number of nitrogens with zero attached hydrogens (tertiary/aromatic N) is 2. The highest BCUT2D eigenvalue weighted by Gasteiger charge is 2.25. The molecule has 0 bridgehead atoms. The molecule has 1 heterocycles. The second kappa shape index (κ2) is 3.44. The number of carbonyl (C=O) groups excluding carboxylic acids is 1. The summed E-state index contributed by atoms with van der Waals surface area (Å²) in [5, 5.41) is 0. The quantitative estimate of drug-likeness (QED) is 0.716. The van der Waals surface area contributed by atoms with Gasteiger partial charge >= 0.3 is 5.69 Å². The molecule has 0 amide bonds. The predicted molar refractivity (Wildman–Crippen MR) is 52.3 cm³/mol. The smallest absolute Gasteiger partial charge is 0.300 e. The Bertz CT molecular complexity index is 398. The summed E-state index contributed by atoms with van der Waals surface area (Å²) in [5.41, 5.74) is 0.0220. The minimum atomic E-state index is 0.0220. The van der Waals surface area contributed by atoms with E-state index < -0.39 is 0 Å². The Labute approximate surface area is 82.2 Å². The summed E-state index contributed by atoms with van der Waals surface area (Å²) in [6, 6.07) is 0.418. The van der Waals surface area contributed by atoms with Gasteiger partial charge in [-0.15, -0.1) is 0 Å². The molecule has 76 valence electrons. The van der Waals surface area contributed by atoms with E-state index in [0.29, 0.717) is 19.0 Å². The highest BCUT2D eigenvalue weighted by molar-refractivity contribution is 5.75. The lowest BCUT2D eigenvalue weighted by atomic mass is 10.3. The first-order valence-corrected chi connectivity index (χ1v) is 4.95. The average molecular weight is 194 g/mol. The lowest BCUT2D eigenvalue weighted by molar-refractivity contribution is -0.117. The zero-order valence-corrected chi connectivity index (χ0v) is 8.27. The Balaban J connectivity index is 2.10. The SMILES string of the molecule is CC(=O)CCn1ccn(C2CC2)c1=O. The molecular weight excluding hydrogens is 180 g/mol.